The number of rotatable bonds is 13. The molecule has 192 valence electrons. The molecule has 0 aliphatic heterocycles. The number of amides is 2. The van der Waals surface area contributed by atoms with E-state index in [1.807, 2.05) is 6.92 Å². The predicted octanol–water partition coefficient (Wildman–Crippen LogP) is 3.32. The topological polar surface area (TPSA) is 96.0 Å². The quantitative estimate of drug-likeness (QED) is 0.420. The van der Waals surface area contributed by atoms with E-state index >= 15 is 0 Å². The summed E-state index contributed by atoms with van der Waals surface area (Å²) in [5.41, 5.74) is 0.915. The molecule has 10 heteroatoms. The molecule has 0 heterocycles. The first-order valence-electron chi connectivity index (χ1n) is 11.5. The SMILES string of the molecule is CCCCNC(=O)[C@@H](CC)N(Cc1ccc(OC)cc1)C(=O)CN(c1ccc(F)cc1)S(C)(=O)=O. The van der Waals surface area contributed by atoms with Crippen molar-refractivity contribution in [3.05, 3.63) is 59.9 Å². The van der Waals surface area contributed by atoms with E-state index in [4.69, 9.17) is 4.74 Å². The van der Waals surface area contributed by atoms with Crippen LogP contribution in [0, 0.1) is 5.82 Å². The van der Waals surface area contributed by atoms with Crippen LogP contribution in [0.3, 0.4) is 0 Å². The molecule has 0 aliphatic carbocycles. The second-order valence-electron chi connectivity index (χ2n) is 8.18. The van der Waals surface area contributed by atoms with Gasteiger partial charge in [0.25, 0.3) is 0 Å². The molecule has 0 aliphatic rings. The molecule has 0 unspecified atom stereocenters. The van der Waals surface area contributed by atoms with E-state index in [-0.39, 0.29) is 18.1 Å². The molecule has 1 N–H and O–H groups in total. The second-order valence-corrected chi connectivity index (χ2v) is 10.1. The lowest BCUT2D eigenvalue weighted by Gasteiger charge is -2.33. The van der Waals surface area contributed by atoms with Crippen LogP contribution in [0.1, 0.15) is 38.7 Å². The molecule has 0 radical (unpaired) electrons. The number of carbonyl (C=O) groups excluding carboxylic acids is 2. The minimum Gasteiger partial charge on any atom is -0.497 e. The normalized spacial score (nSPS) is 12.0. The molecule has 35 heavy (non-hydrogen) atoms. The Hall–Kier alpha value is -3.14. The smallest absolute Gasteiger partial charge is 0.244 e. The van der Waals surface area contributed by atoms with E-state index in [1.165, 1.54) is 17.0 Å². The maximum Gasteiger partial charge on any atom is 0.244 e. The lowest BCUT2D eigenvalue weighted by molar-refractivity contribution is -0.140. The Morgan fingerprint density at radius 2 is 1.69 bits per heavy atom. The Balaban J connectivity index is 2.38. The molecule has 8 nitrogen and oxygen atoms in total. The highest BCUT2D eigenvalue weighted by atomic mass is 32.2. The van der Waals surface area contributed by atoms with Crippen LogP contribution < -0.4 is 14.4 Å². The first-order valence-corrected chi connectivity index (χ1v) is 13.4. The van der Waals surface area contributed by atoms with E-state index in [0.29, 0.717) is 18.7 Å². The zero-order chi connectivity index (χ0) is 26.0. The lowest BCUT2D eigenvalue weighted by atomic mass is 10.1. The van der Waals surface area contributed by atoms with Gasteiger partial charge in [-0.3, -0.25) is 13.9 Å². The highest BCUT2D eigenvalue weighted by Crippen LogP contribution is 2.21. The fourth-order valence-electron chi connectivity index (χ4n) is 3.57. The standard InChI is InChI=1S/C25H34FN3O5S/c1-5-7-16-27-25(31)23(6-2)28(17-19-8-14-22(34-3)15-9-19)24(30)18-29(35(4,32)33)21-12-10-20(26)11-13-21/h8-15,23H,5-7,16-18H2,1-4H3,(H,27,31)/t23-/m1/s1. The maximum atomic E-state index is 13.5. The van der Waals surface area contributed by atoms with Crippen molar-refractivity contribution in [3.8, 4) is 5.75 Å². The fraction of sp³-hybridized carbons (Fsp3) is 0.440. The van der Waals surface area contributed by atoms with Gasteiger partial charge >= 0.3 is 0 Å². The highest BCUT2D eigenvalue weighted by Gasteiger charge is 2.31. The summed E-state index contributed by atoms with van der Waals surface area (Å²) in [6.45, 7) is 3.87. The summed E-state index contributed by atoms with van der Waals surface area (Å²) in [4.78, 5) is 27.9. The summed E-state index contributed by atoms with van der Waals surface area (Å²) < 4.78 is 44.5. The van der Waals surface area contributed by atoms with Gasteiger partial charge < -0.3 is 15.0 Å². The summed E-state index contributed by atoms with van der Waals surface area (Å²) >= 11 is 0. The van der Waals surface area contributed by atoms with Crippen molar-refractivity contribution >= 4 is 27.5 Å². The Labute approximate surface area is 207 Å². The van der Waals surface area contributed by atoms with Crippen molar-refractivity contribution in [2.24, 2.45) is 0 Å². The van der Waals surface area contributed by atoms with E-state index in [1.54, 1.807) is 38.3 Å². The molecule has 1 atom stereocenters. The van der Waals surface area contributed by atoms with Gasteiger partial charge in [-0.05, 0) is 54.8 Å². The summed E-state index contributed by atoms with van der Waals surface area (Å²) in [5.74, 6) is -0.719. The van der Waals surface area contributed by atoms with Crippen molar-refractivity contribution in [1.82, 2.24) is 10.2 Å². The van der Waals surface area contributed by atoms with Gasteiger partial charge in [0.2, 0.25) is 21.8 Å². The Bertz CT molecular complexity index is 1080. The van der Waals surface area contributed by atoms with Crippen molar-refractivity contribution in [2.75, 3.05) is 30.8 Å². The third-order valence-corrected chi connectivity index (χ3v) is 6.66. The summed E-state index contributed by atoms with van der Waals surface area (Å²) in [6, 6.07) is 11.1. The first-order chi connectivity index (χ1) is 16.6. The molecule has 0 saturated heterocycles. The zero-order valence-corrected chi connectivity index (χ0v) is 21.5. The molecular weight excluding hydrogens is 473 g/mol. The van der Waals surface area contributed by atoms with Gasteiger partial charge in [-0.25, -0.2) is 12.8 Å². The van der Waals surface area contributed by atoms with Gasteiger partial charge in [-0.1, -0.05) is 32.4 Å². The van der Waals surface area contributed by atoms with Gasteiger partial charge in [-0.2, -0.15) is 0 Å². The van der Waals surface area contributed by atoms with Crippen LogP contribution in [0.15, 0.2) is 48.5 Å². The van der Waals surface area contributed by atoms with Crippen molar-refractivity contribution in [1.29, 1.82) is 0 Å². The van der Waals surface area contributed by atoms with E-state index in [9.17, 15) is 22.4 Å². The zero-order valence-electron chi connectivity index (χ0n) is 20.7. The van der Waals surface area contributed by atoms with E-state index in [2.05, 4.69) is 5.32 Å². The van der Waals surface area contributed by atoms with Crippen LogP contribution in [-0.2, 0) is 26.2 Å². The number of halogens is 1. The Morgan fingerprint density at radius 1 is 1.06 bits per heavy atom. The number of unbranched alkanes of at least 4 members (excludes halogenated alkanes) is 1. The molecular formula is C25H34FN3O5S. The fourth-order valence-corrected chi connectivity index (χ4v) is 4.42. The third-order valence-electron chi connectivity index (χ3n) is 5.52. The van der Waals surface area contributed by atoms with Gasteiger partial charge in [0.15, 0.2) is 0 Å². The average molecular weight is 508 g/mol. The van der Waals surface area contributed by atoms with E-state index < -0.39 is 34.3 Å². The predicted molar refractivity (Wildman–Crippen MR) is 134 cm³/mol. The van der Waals surface area contributed by atoms with Gasteiger partial charge in [0, 0.05) is 13.1 Å². The van der Waals surface area contributed by atoms with Crippen molar-refractivity contribution in [3.63, 3.8) is 0 Å². The van der Waals surface area contributed by atoms with Gasteiger partial charge in [0.1, 0.15) is 24.2 Å². The highest BCUT2D eigenvalue weighted by molar-refractivity contribution is 7.92. The molecule has 2 rings (SSSR count). The number of methoxy groups -OCH3 is 1. The van der Waals surface area contributed by atoms with Crippen molar-refractivity contribution < 1.29 is 27.1 Å². The molecule has 0 spiro atoms. The Morgan fingerprint density at radius 3 is 2.20 bits per heavy atom. The van der Waals surface area contributed by atoms with Crippen LogP contribution >= 0.6 is 0 Å². The summed E-state index contributed by atoms with van der Waals surface area (Å²) in [6.07, 6.45) is 3.04. The average Bonchev–Trinajstić information content (AvgIpc) is 2.83. The number of hydrogen-bond acceptors (Lipinski definition) is 5. The minimum absolute atomic E-state index is 0.101. The first kappa shape index (κ1) is 28.1. The lowest BCUT2D eigenvalue weighted by Crippen LogP contribution is -2.52. The summed E-state index contributed by atoms with van der Waals surface area (Å²) in [7, 11) is -2.32. The minimum atomic E-state index is -3.87. The number of nitrogens with one attached hydrogen (secondary N) is 1. The number of hydrogen-bond donors (Lipinski definition) is 1. The number of ether oxygens (including phenoxy) is 1. The Kier molecular flexibility index (Phi) is 10.5. The molecule has 0 saturated carbocycles. The molecule has 0 fully saturated rings. The van der Waals surface area contributed by atoms with Gasteiger partial charge in [0.05, 0.1) is 19.1 Å². The third kappa shape index (κ3) is 8.24. The van der Waals surface area contributed by atoms with Crippen LogP contribution in [-0.4, -0.2) is 57.6 Å². The number of carbonyl (C=O) groups is 2. The molecule has 0 aromatic heterocycles. The van der Waals surface area contributed by atoms with Crippen LogP contribution in [0.2, 0.25) is 0 Å². The second kappa shape index (κ2) is 13.1. The summed E-state index contributed by atoms with van der Waals surface area (Å²) in [5, 5.41) is 2.87. The van der Waals surface area contributed by atoms with Crippen molar-refractivity contribution in [2.45, 2.75) is 45.7 Å². The van der Waals surface area contributed by atoms with Crippen LogP contribution in [0.5, 0.6) is 5.75 Å². The molecule has 2 aromatic rings. The monoisotopic (exact) mass is 507 g/mol. The maximum absolute atomic E-state index is 13.5. The van der Waals surface area contributed by atoms with Crippen LogP contribution in [0.25, 0.3) is 0 Å². The van der Waals surface area contributed by atoms with E-state index in [0.717, 1.165) is 41.1 Å². The molecule has 0 bridgehead atoms. The number of benzene rings is 2. The number of sulfonamides is 1. The largest absolute Gasteiger partial charge is 0.497 e. The van der Waals surface area contributed by atoms with Gasteiger partial charge in [-0.15, -0.1) is 0 Å². The number of anilines is 1. The van der Waals surface area contributed by atoms with Crippen LogP contribution in [0.4, 0.5) is 10.1 Å². The molecule has 2 amide bonds. The molecule has 2 aromatic carbocycles. The number of nitrogens with zero attached hydrogens (tertiary/aromatic N) is 2.